The van der Waals surface area contributed by atoms with Crippen molar-refractivity contribution < 1.29 is 23.1 Å². The first kappa shape index (κ1) is 21.3. The molecule has 2 aromatic heterocycles. The zero-order valence-electron chi connectivity index (χ0n) is 16.8. The number of halogens is 3. The molecule has 0 unspecified atom stereocenters. The number of nitrogens with one attached hydrogen (secondary N) is 3. The molecule has 32 heavy (non-hydrogen) atoms. The number of aliphatic hydroxyl groups is 1. The van der Waals surface area contributed by atoms with Crippen LogP contribution in [0, 0.1) is 6.92 Å². The zero-order chi connectivity index (χ0) is 22.9. The molecule has 0 saturated heterocycles. The van der Waals surface area contributed by atoms with Crippen LogP contribution >= 0.6 is 0 Å². The number of rotatable bonds is 4. The molecular formula is C22H18F3N5O2. The number of aromatic nitrogens is 3. The van der Waals surface area contributed by atoms with Crippen LogP contribution in [0.15, 0.2) is 55.0 Å². The molecule has 0 atom stereocenters. The van der Waals surface area contributed by atoms with Gasteiger partial charge in [0.2, 0.25) is 0 Å². The predicted octanol–water partition coefficient (Wildman–Crippen LogP) is 5.09. The normalized spacial score (nSPS) is 11.5. The van der Waals surface area contributed by atoms with Gasteiger partial charge in [0.05, 0.1) is 23.6 Å². The lowest BCUT2D eigenvalue weighted by atomic mass is 10.0. The van der Waals surface area contributed by atoms with E-state index in [9.17, 15) is 18.0 Å². The summed E-state index contributed by atoms with van der Waals surface area (Å²) in [6.45, 7) is 1.65. The molecule has 164 valence electrons. The van der Waals surface area contributed by atoms with Crippen molar-refractivity contribution in [2.75, 3.05) is 10.6 Å². The Bertz CT molecular complexity index is 1280. The molecule has 4 aromatic rings. The van der Waals surface area contributed by atoms with Gasteiger partial charge in [0.15, 0.2) is 0 Å². The first-order chi connectivity index (χ1) is 15.3. The number of alkyl halides is 3. The van der Waals surface area contributed by atoms with E-state index in [4.69, 9.17) is 5.11 Å². The van der Waals surface area contributed by atoms with Crippen molar-refractivity contribution in [1.29, 1.82) is 0 Å². The van der Waals surface area contributed by atoms with Crippen LogP contribution in [0.1, 0.15) is 16.7 Å². The highest BCUT2D eigenvalue weighted by Crippen LogP contribution is 2.38. The fraction of sp³-hybridized carbons (Fsp3) is 0.136. The van der Waals surface area contributed by atoms with Crippen LogP contribution in [-0.4, -0.2) is 26.1 Å². The largest absolute Gasteiger partial charge is 0.418 e. The highest BCUT2D eigenvalue weighted by atomic mass is 19.4. The van der Waals surface area contributed by atoms with Crippen molar-refractivity contribution in [1.82, 2.24) is 15.0 Å². The number of urea groups is 1. The minimum absolute atomic E-state index is 0.158. The van der Waals surface area contributed by atoms with Gasteiger partial charge in [-0.25, -0.2) is 14.8 Å². The number of aromatic amines is 1. The first-order valence-electron chi connectivity index (χ1n) is 9.54. The minimum Gasteiger partial charge on any atom is -0.392 e. The van der Waals surface area contributed by atoms with Gasteiger partial charge in [-0.05, 0) is 42.3 Å². The molecular weight excluding hydrogens is 423 g/mol. The quantitative estimate of drug-likeness (QED) is 0.354. The highest BCUT2D eigenvalue weighted by molar-refractivity contribution is 6.01. The van der Waals surface area contributed by atoms with Gasteiger partial charge in [-0.2, -0.15) is 13.2 Å². The minimum atomic E-state index is -4.71. The van der Waals surface area contributed by atoms with Gasteiger partial charge in [0, 0.05) is 22.8 Å². The standard InChI is InChI=1S/C22H18F3N5O2/c1-12-9-26-20-18(12)19(27-11-28-20)14-4-7-17(16(8-14)22(23,24)25)30-21(32)29-15-5-2-13(10-31)3-6-15/h2-9,11,31H,10H2,1H3,(H,26,27,28)(H2,29,30,32). The van der Waals surface area contributed by atoms with Crippen molar-refractivity contribution >= 4 is 28.4 Å². The summed E-state index contributed by atoms with van der Waals surface area (Å²) in [4.78, 5) is 23.5. The Balaban J connectivity index is 1.65. The van der Waals surface area contributed by atoms with Gasteiger partial charge in [-0.3, -0.25) is 0 Å². The van der Waals surface area contributed by atoms with Gasteiger partial charge < -0.3 is 20.7 Å². The van der Waals surface area contributed by atoms with E-state index in [-0.39, 0.29) is 17.9 Å². The first-order valence-corrected chi connectivity index (χ1v) is 9.54. The van der Waals surface area contributed by atoms with Crippen LogP contribution in [0.2, 0.25) is 0 Å². The molecule has 2 aromatic carbocycles. The number of aryl methyl sites for hydroxylation is 1. The van der Waals surface area contributed by atoms with Gasteiger partial charge in [-0.15, -0.1) is 0 Å². The van der Waals surface area contributed by atoms with Crippen molar-refractivity contribution in [3.63, 3.8) is 0 Å². The number of amides is 2. The lowest BCUT2D eigenvalue weighted by molar-refractivity contribution is -0.136. The van der Waals surface area contributed by atoms with Gasteiger partial charge in [0.25, 0.3) is 0 Å². The lowest BCUT2D eigenvalue weighted by Crippen LogP contribution is -2.22. The second-order valence-electron chi connectivity index (χ2n) is 7.11. The monoisotopic (exact) mass is 441 g/mol. The van der Waals surface area contributed by atoms with Crippen LogP contribution in [-0.2, 0) is 12.8 Å². The Morgan fingerprint density at radius 3 is 2.53 bits per heavy atom. The zero-order valence-corrected chi connectivity index (χ0v) is 16.8. The van der Waals surface area contributed by atoms with Crippen LogP contribution in [0.4, 0.5) is 29.3 Å². The SMILES string of the molecule is Cc1c[nH]c2ncnc(-c3ccc(NC(=O)Nc4ccc(CO)cc4)c(C(F)(F)F)c3)c12. The van der Waals surface area contributed by atoms with E-state index in [0.29, 0.717) is 28.0 Å². The molecule has 0 radical (unpaired) electrons. The number of aliphatic hydroxyl groups excluding tert-OH is 1. The molecule has 2 amide bonds. The molecule has 7 nitrogen and oxygen atoms in total. The van der Waals surface area contributed by atoms with Crippen molar-refractivity contribution in [2.24, 2.45) is 0 Å². The Morgan fingerprint density at radius 1 is 1.09 bits per heavy atom. The van der Waals surface area contributed by atoms with Crippen LogP contribution in [0.5, 0.6) is 0 Å². The molecule has 10 heteroatoms. The number of H-pyrrole nitrogens is 1. The number of benzene rings is 2. The molecule has 0 bridgehead atoms. The molecule has 0 fully saturated rings. The van der Waals surface area contributed by atoms with Gasteiger partial charge in [-0.1, -0.05) is 18.2 Å². The van der Waals surface area contributed by atoms with E-state index in [1.54, 1.807) is 30.5 Å². The summed E-state index contributed by atoms with van der Waals surface area (Å²) in [5.41, 5.74) is 1.56. The maximum Gasteiger partial charge on any atom is 0.418 e. The van der Waals surface area contributed by atoms with Crippen molar-refractivity contribution in [3.05, 3.63) is 71.7 Å². The number of nitrogens with zero attached hydrogens (tertiary/aromatic N) is 2. The summed E-state index contributed by atoms with van der Waals surface area (Å²) in [5.74, 6) is 0. The molecule has 4 rings (SSSR count). The molecule has 0 aliphatic heterocycles. The Labute approximate surface area is 180 Å². The second-order valence-corrected chi connectivity index (χ2v) is 7.11. The number of hydrogen-bond acceptors (Lipinski definition) is 4. The van der Waals surface area contributed by atoms with Crippen molar-refractivity contribution in [3.8, 4) is 11.3 Å². The summed E-state index contributed by atoms with van der Waals surface area (Å²) in [6, 6.07) is 9.06. The third-order valence-corrected chi connectivity index (χ3v) is 4.91. The van der Waals surface area contributed by atoms with Crippen molar-refractivity contribution in [2.45, 2.75) is 19.7 Å². The number of hydrogen-bond donors (Lipinski definition) is 4. The van der Waals surface area contributed by atoms with E-state index in [0.717, 1.165) is 11.6 Å². The van der Waals surface area contributed by atoms with E-state index >= 15 is 0 Å². The average molecular weight is 441 g/mol. The molecule has 0 saturated carbocycles. The average Bonchev–Trinajstić information content (AvgIpc) is 3.15. The van der Waals surface area contributed by atoms with Gasteiger partial charge in [0.1, 0.15) is 12.0 Å². The van der Waals surface area contributed by atoms with Crippen LogP contribution in [0.3, 0.4) is 0 Å². The van der Waals surface area contributed by atoms with E-state index in [2.05, 4.69) is 25.6 Å². The van der Waals surface area contributed by atoms with Gasteiger partial charge >= 0.3 is 12.2 Å². The summed E-state index contributed by atoms with van der Waals surface area (Å²) in [7, 11) is 0. The molecule has 2 heterocycles. The number of fused-ring (bicyclic) bond motifs is 1. The number of carbonyl (C=O) groups is 1. The fourth-order valence-corrected chi connectivity index (χ4v) is 3.35. The second kappa shape index (κ2) is 8.31. The maximum absolute atomic E-state index is 13.8. The lowest BCUT2D eigenvalue weighted by Gasteiger charge is -2.16. The number of anilines is 2. The predicted molar refractivity (Wildman–Crippen MR) is 114 cm³/mol. The topological polar surface area (TPSA) is 103 Å². The third-order valence-electron chi connectivity index (χ3n) is 4.91. The maximum atomic E-state index is 13.8. The smallest absolute Gasteiger partial charge is 0.392 e. The molecule has 0 aliphatic rings. The van der Waals surface area contributed by atoms with Crippen LogP contribution in [0.25, 0.3) is 22.3 Å². The van der Waals surface area contributed by atoms with Crippen LogP contribution < -0.4 is 10.6 Å². The summed E-state index contributed by atoms with van der Waals surface area (Å²) in [6.07, 6.45) is -1.72. The van der Waals surface area contributed by atoms with E-state index in [1.165, 1.54) is 18.5 Å². The third kappa shape index (κ3) is 4.26. The highest BCUT2D eigenvalue weighted by Gasteiger charge is 2.34. The fourth-order valence-electron chi connectivity index (χ4n) is 3.35. The Morgan fingerprint density at radius 2 is 1.84 bits per heavy atom. The molecule has 4 N–H and O–H groups in total. The summed E-state index contributed by atoms with van der Waals surface area (Å²) in [5, 5.41) is 14.4. The van der Waals surface area contributed by atoms with E-state index < -0.39 is 17.8 Å². The summed E-state index contributed by atoms with van der Waals surface area (Å²) < 4.78 is 41.4. The van der Waals surface area contributed by atoms with E-state index in [1.807, 2.05) is 6.92 Å². The molecule has 0 aliphatic carbocycles. The molecule has 0 spiro atoms. The Hall–Kier alpha value is -3.92. The number of carbonyl (C=O) groups excluding carboxylic acids is 1. The Kier molecular flexibility index (Phi) is 5.54. The summed E-state index contributed by atoms with van der Waals surface area (Å²) >= 11 is 0.